The van der Waals surface area contributed by atoms with Gasteiger partial charge in [0.2, 0.25) is 0 Å². The average Bonchev–Trinajstić information content (AvgIpc) is 2.73. The summed E-state index contributed by atoms with van der Waals surface area (Å²) in [6.45, 7) is 7.40. The molecule has 0 bridgehead atoms. The molecule has 1 aromatic carbocycles. The molecule has 1 aliphatic heterocycles. The lowest BCUT2D eigenvalue weighted by atomic mass is 9.90. The first-order chi connectivity index (χ1) is 14.5. The fourth-order valence-corrected chi connectivity index (χ4v) is 5.31. The molecule has 0 spiro atoms. The van der Waals surface area contributed by atoms with Crippen molar-refractivity contribution < 1.29 is 18.1 Å². The van der Waals surface area contributed by atoms with Gasteiger partial charge in [-0.1, -0.05) is 13.8 Å². The van der Waals surface area contributed by atoms with E-state index in [1.54, 1.807) is 13.0 Å². The van der Waals surface area contributed by atoms with Crippen LogP contribution in [-0.4, -0.2) is 38.5 Å². The smallest absolute Gasteiger partial charge is 0.274 e. The maximum absolute atomic E-state index is 14.8. The number of amidine groups is 1. The zero-order chi connectivity index (χ0) is 23.0. The lowest BCUT2D eigenvalue weighted by Crippen LogP contribution is -2.56. The number of aliphatic imine (C=N–C) groups is 1. The van der Waals surface area contributed by atoms with Crippen molar-refractivity contribution in [3.8, 4) is 5.75 Å². The number of amides is 1. The monoisotopic (exact) mass is 446 g/mol. The predicted octanol–water partition coefficient (Wildman–Crippen LogP) is 3.23. The van der Waals surface area contributed by atoms with Crippen LogP contribution in [-0.2, 0) is 16.3 Å². The van der Waals surface area contributed by atoms with Crippen LogP contribution in [0.5, 0.6) is 5.75 Å². The van der Waals surface area contributed by atoms with Crippen molar-refractivity contribution in [1.29, 1.82) is 0 Å². The highest BCUT2D eigenvalue weighted by molar-refractivity contribution is 7.87. The molecule has 0 fully saturated rings. The van der Waals surface area contributed by atoms with E-state index in [0.717, 1.165) is 0 Å². The van der Waals surface area contributed by atoms with Gasteiger partial charge in [0.25, 0.3) is 5.91 Å². The number of hydrogen-bond donors (Lipinski definition) is 2. The van der Waals surface area contributed by atoms with Crippen LogP contribution in [0.15, 0.2) is 41.5 Å². The molecule has 7 nitrogen and oxygen atoms in total. The first kappa shape index (κ1) is 22.9. The number of carbonyl (C=O) groups excluding carboxylic acids is 1. The molecule has 2 aromatic rings. The van der Waals surface area contributed by atoms with Gasteiger partial charge >= 0.3 is 0 Å². The third-order valence-corrected chi connectivity index (χ3v) is 8.32. The van der Waals surface area contributed by atoms with Crippen LogP contribution in [0, 0.1) is 11.7 Å². The third-order valence-electron chi connectivity index (χ3n) is 5.87. The quantitative estimate of drug-likeness (QED) is 0.733. The van der Waals surface area contributed by atoms with Crippen LogP contribution in [0.25, 0.3) is 0 Å². The summed E-state index contributed by atoms with van der Waals surface area (Å²) < 4.78 is 32.2. The van der Waals surface area contributed by atoms with Gasteiger partial charge in [-0.2, -0.15) is 0 Å². The molecular weight excluding hydrogens is 419 g/mol. The number of benzene rings is 1. The molecule has 2 heterocycles. The van der Waals surface area contributed by atoms with E-state index in [2.05, 4.69) is 15.3 Å². The number of ether oxygens (including phenoxy) is 1. The number of methoxy groups -OCH3 is 1. The molecule has 166 valence electrons. The van der Waals surface area contributed by atoms with Crippen molar-refractivity contribution in [3.05, 3.63) is 53.6 Å². The first-order valence-corrected chi connectivity index (χ1v) is 11.2. The van der Waals surface area contributed by atoms with Crippen LogP contribution in [0.3, 0.4) is 0 Å². The molecule has 3 N–H and O–H groups in total. The molecule has 31 heavy (non-hydrogen) atoms. The Labute approximate surface area is 183 Å². The van der Waals surface area contributed by atoms with Gasteiger partial charge in [0.15, 0.2) is 0 Å². The molecule has 0 radical (unpaired) electrons. The molecule has 1 aliphatic rings. The Morgan fingerprint density at radius 2 is 2.00 bits per heavy atom. The Kier molecular flexibility index (Phi) is 6.18. The normalized spacial score (nSPS) is 25.8. The minimum atomic E-state index is -1.36. The lowest BCUT2D eigenvalue weighted by molar-refractivity contribution is 0.102. The number of nitrogens with two attached hydrogens (primary N) is 1. The van der Waals surface area contributed by atoms with Crippen molar-refractivity contribution in [1.82, 2.24) is 4.98 Å². The van der Waals surface area contributed by atoms with Gasteiger partial charge in [-0.25, -0.2) is 9.37 Å². The van der Waals surface area contributed by atoms with Gasteiger partial charge in [0, 0.05) is 22.1 Å². The standard InChI is InChI=1S/C22H27FN4O3S/c1-13(2)22(4)20(24)27-21(3,12-31(22)29)16-10-14(6-8-17(16)23)26-19(28)18-9-7-15(30-5)11-25-18/h6-11,13H,12H2,1-5H3,(H2,24,27)(H,26,28)/t21-,22-,31?/m0/s1. The minimum Gasteiger partial charge on any atom is -0.495 e. The molecule has 0 saturated heterocycles. The molecule has 1 unspecified atom stereocenters. The molecule has 3 atom stereocenters. The van der Waals surface area contributed by atoms with Gasteiger partial charge in [-0.05, 0) is 50.1 Å². The molecule has 3 rings (SSSR count). The number of aromatic nitrogens is 1. The largest absolute Gasteiger partial charge is 0.495 e. The fourth-order valence-electron chi connectivity index (χ4n) is 3.47. The summed E-state index contributed by atoms with van der Waals surface area (Å²) in [6, 6.07) is 7.36. The summed E-state index contributed by atoms with van der Waals surface area (Å²) in [5.41, 5.74) is 5.89. The maximum atomic E-state index is 14.8. The number of nitrogens with zero attached hydrogens (tertiary/aromatic N) is 2. The Hall–Kier alpha value is -2.81. The minimum absolute atomic E-state index is 0.00843. The zero-order valence-corrected chi connectivity index (χ0v) is 19.0. The van der Waals surface area contributed by atoms with Gasteiger partial charge in [-0.15, -0.1) is 0 Å². The summed E-state index contributed by atoms with van der Waals surface area (Å²) in [6.07, 6.45) is 1.44. The van der Waals surface area contributed by atoms with E-state index in [0.29, 0.717) is 11.4 Å². The average molecular weight is 447 g/mol. The predicted molar refractivity (Wildman–Crippen MR) is 120 cm³/mol. The van der Waals surface area contributed by atoms with E-state index in [-0.39, 0.29) is 28.8 Å². The Morgan fingerprint density at radius 1 is 1.29 bits per heavy atom. The van der Waals surface area contributed by atoms with Gasteiger partial charge < -0.3 is 15.8 Å². The van der Waals surface area contributed by atoms with E-state index in [4.69, 9.17) is 10.5 Å². The fraction of sp³-hybridized carbons (Fsp3) is 0.409. The molecule has 0 saturated carbocycles. The highest BCUT2D eigenvalue weighted by Gasteiger charge is 2.48. The van der Waals surface area contributed by atoms with E-state index in [1.165, 1.54) is 37.6 Å². The molecule has 9 heteroatoms. The maximum Gasteiger partial charge on any atom is 0.274 e. The first-order valence-electron chi connectivity index (χ1n) is 9.87. The van der Waals surface area contributed by atoms with Crippen LogP contribution in [0.4, 0.5) is 10.1 Å². The lowest BCUT2D eigenvalue weighted by Gasteiger charge is -2.41. The second-order valence-electron chi connectivity index (χ2n) is 8.25. The van der Waals surface area contributed by atoms with Crippen LogP contribution in [0.2, 0.25) is 0 Å². The van der Waals surface area contributed by atoms with Gasteiger partial charge in [0.05, 0.1) is 24.6 Å². The van der Waals surface area contributed by atoms with E-state index in [1.807, 2.05) is 20.8 Å². The number of pyridine rings is 1. The van der Waals surface area contributed by atoms with E-state index >= 15 is 0 Å². The van der Waals surface area contributed by atoms with Crippen LogP contribution >= 0.6 is 0 Å². The number of anilines is 1. The second-order valence-corrected chi connectivity index (χ2v) is 10.1. The molecular formula is C22H27FN4O3S. The highest BCUT2D eigenvalue weighted by Crippen LogP contribution is 2.39. The number of halogens is 1. The summed E-state index contributed by atoms with van der Waals surface area (Å²) in [4.78, 5) is 21.2. The van der Waals surface area contributed by atoms with Crippen molar-refractivity contribution in [3.63, 3.8) is 0 Å². The van der Waals surface area contributed by atoms with Gasteiger partial charge in [0.1, 0.15) is 27.8 Å². The summed E-state index contributed by atoms with van der Waals surface area (Å²) in [5.74, 6) is -0.0584. The molecule has 1 aromatic heterocycles. The summed E-state index contributed by atoms with van der Waals surface area (Å²) in [5, 5.41) is 2.71. The Balaban J connectivity index is 1.93. The highest BCUT2D eigenvalue weighted by atomic mass is 32.2. The third kappa shape index (κ3) is 4.19. The number of rotatable bonds is 5. The Bertz CT molecular complexity index is 1060. The number of hydrogen-bond acceptors (Lipinski definition) is 6. The van der Waals surface area contributed by atoms with Crippen LogP contribution < -0.4 is 15.8 Å². The Morgan fingerprint density at radius 3 is 2.55 bits per heavy atom. The topological polar surface area (TPSA) is 107 Å². The van der Waals surface area contributed by atoms with Crippen molar-refractivity contribution in [2.75, 3.05) is 18.2 Å². The van der Waals surface area contributed by atoms with Crippen LogP contribution in [0.1, 0.15) is 43.7 Å². The number of nitrogens with one attached hydrogen (secondary N) is 1. The molecule has 1 amide bonds. The molecule has 0 aliphatic carbocycles. The number of carbonyl (C=O) groups is 1. The summed E-state index contributed by atoms with van der Waals surface area (Å²) in [7, 11) is 0.145. The van der Waals surface area contributed by atoms with E-state index < -0.39 is 32.8 Å². The zero-order valence-electron chi connectivity index (χ0n) is 18.2. The van der Waals surface area contributed by atoms with E-state index in [9.17, 15) is 13.4 Å². The van der Waals surface area contributed by atoms with Crippen molar-refractivity contribution in [2.45, 2.75) is 38.0 Å². The van der Waals surface area contributed by atoms with Crippen molar-refractivity contribution >= 4 is 28.2 Å². The second kappa shape index (κ2) is 8.37. The van der Waals surface area contributed by atoms with Crippen molar-refractivity contribution in [2.24, 2.45) is 16.6 Å². The summed E-state index contributed by atoms with van der Waals surface area (Å²) >= 11 is 0. The van der Waals surface area contributed by atoms with Gasteiger partial charge in [-0.3, -0.25) is 14.0 Å². The SMILES string of the molecule is COc1ccc(C(=O)Nc2ccc(F)c([C@]3(C)CS(=O)[C@@](C)(C(C)C)C(N)=N3)c2)nc1.